The lowest BCUT2D eigenvalue weighted by Gasteiger charge is -2.23. The second kappa shape index (κ2) is 5.92. The normalized spacial score (nSPS) is 22.9. The molecule has 6 nitrogen and oxygen atoms in total. The highest BCUT2D eigenvalue weighted by atomic mass is 32.2. The zero-order valence-corrected chi connectivity index (χ0v) is 10.6. The third kappa shape index (κ3) is 4.34. The minimum atomic E-state index is -3.52. The molecule has 16 heavy (non-hydrogen) atoms. The van der Waals surface area contributed by atoms with E-state index >= 15 is 0 Å². The summed E-state index contributed by atoms with van der Waals surface area (Å²) in [7, 11) is -3.52. The first-order valence-electron chi connectivity index (χ1n) is 5.63. The topological polar surface area (TPSA) is 92.7 Å². The van der Waals surface area contributed by atoms with Crippen molar-refractivity contribution in [3.8, 4) is 0 Å². The van der Waals surface area contributed by atoms with Crippen LogP contribution in [0.15, 0.2) is 0 Å². The molecule has 0 spiro atoms. The summed E-state index contributed by atoms with van der Waals surface area (Å²) >= 11 is 0. The van der Waals surface area contributed by atoms with Gasteiger partial charge in [-0.2, -0.15) is 12.7 Å². The van der Waals surface area contributed by atoms with Crippen LogP contribution < -0.4 is 10.9 Å². The van der Waals surface area contributed by atoms with Gasteiger partial charge in [-0.1, -0.05) is 6.92 Å². The van der Waals surface area contributed by atoms with Crippen molar-refractivity contribution in [3.63, 3.8) is 0 Å². The molecular formula is C9H22N4O2S. The van der Waals surface area contributed by atoms with Crippen molar-refractivity contribution in [1.82, 2.24) is 9.21 Å². The molecular weight excluding hydrogens is 228 g/mol. The fraction of sp³-hybridized carbons (Fsp3) is 1.00. The quantitative estimate of drug-likeness (QED) is 0.655. The maximum Gasteiger partial charge on any atom is 0.276 e. The standard InChI is InChI=1S/C9H22N4O2S/c1-9(7-10)8-12-3-2-4-13(6-5-12)16(11,14)15/h9H,2-8,10H2,1H3,(H2,11,14,15). The van der Waals surface area contributed by atoms with E-state index in [1.807, 2.05) is 0 Å². The van der Waals surface area contributed by atoms with Gasteiger partial charge in [-0.05, 0) is 25.4 Å². The Morgan fingerprint density at radius 2 is 1.94 bits per heavy atom. The second-order valence-corrected chi connectivity index (χ2v) is 5.99. The molecule has 1 fully saturated rings. The molecule has 1 aliphatic rings. The van der Waals surface area contributed by atoms with Gasteiger partial charge < -0.3 is 10.6 Å². The molecule has 1 heterocycles. The number of rotatable bonds is 4. The Hall–Kier alpha value is -0.210. The van der Waals surface area contributed by atoms with Crippen LogP contribution in [-0.4, -0.2) is 56.9 Å². The Kier molecular flexibility index (Phi) is 5.13. The van der Waals surface area contributed by atoms with Crippen molar-refractivity contribution in [2.75, 3.05) is 39.3 Å². The predicted molar refractivity (Wildman–Crippen MR) is 64.0 cm³/mol. The Bertz CT molecular complexity index is 307. The average Bonchev–Trinajstić information content (AvgIpc) is 2.42. The van der Waals surface area contributed by atoms with E-state index in [9.17, 15) is 8.42 Å². The molecule has 0 aromatic carbocycles. The van der Waals surface area contributed by atoms with E-state index in [0.717, 1.165) is 26.1 Å². The van der Waals surface area contributed by atoms with Gasteiger partial charge in [0.2, 0.25) is 0 Å². The predicted octanol–water partition coefficient (Wildman–Crippen LogP) is -1.21. The van der Waals surface area contributed by atoms with Gasteiger partial charge in [0.25, 0.3) is 10.2 Å². The summed E-state index contributed by atoms with van der Waals surface area (Å²) in [6.07, 6.45) is 0.827. The van der Waals surface area contributed by atoms with E-state index in [0.29, 0.717) is 25.6 Å². The molecule has 0 saturated carbocycles. The molecule has 1 unspecified atom stereocenters. The van der Waals surface area contributed by atoms with Crippen LogP contribution in [-0.2, 0) is 10.2 Å². The monoisotopic (exact) mass is 250 g/mol. The summed E-state index contributed by atoms with van der Waals surface area (Å²) in [5, 5.41) is 5.11. The lowest BCUT2D eigenvalue weighted by molar-refractivity contribution is 0.251. The SMILES string of the molecule is CC(CN)CN1CCCN(S(N)(=O)=O)CC1. The van der Waals surface area contributed by atoms with Gasteiger partial charge in [0, 0.05) is 26.2 Å². The number of hydrogen-bond acceptors (Lipinski definition) is 4. The van der Waals surface area contributed by atoms with Crippen molar-refractivity contribution < 1.29 is 8.42 Å². The zero-order valence-electron chi connectivity index (χ0n) is 9.80. The van der Waals surface area contributed by atoms with Gasteiger partial charge in [-0.3, -0.25) is 0 Å². The second-order valence-electron chi connectivity index (χ2n) is 4.44. The molecule has 0 aromatic heterocycles. The van der Waals surface area contributed by atoms with E-state index in [2.05, 4.69) is 11.8 Å². The summed E-state index contributed by atoms with van der Waals surface area (Å²) in [6.45, 7) is 6.34. The van der Waals surface area contributed by atoms with Gasteiger partial charge in [0.1, 0.15) is 0 Å². The molecule has 1 rings (SSSR count). The van der Waals surface area contributed by atoms with Crippen LogP contribution in [0.25, 0.3) is 0 Å². The molecule has 0 amide bonds. The van der Waals surface area contributed by atoms with Gasteiger partial charge in [0.15, 0.2) is 0 Å². The summed E-state index contributed by atoms with van der Waals surface area (Å²) in [4.78, 5) is 2.25. The Labute approximate surface area is 97.7 Å². The third-order valence-electron chi connectivity index (χ3n) is 2.88. The molecule has 96 valence electrons. The molecule has 0 radical (unpaired) electrons. The van der Waals surface area contributed by atoms with E-state index < -0.39 is 10.2 Å². The van der Waals surface area contributed by atoms with Crippen molar-refractivity contribution in [2.24, 2.45) is 16.8 Å². The smallest absolute Gasteiger partial charge is 0.276 e. The van der Waals surface area contributed by atoms with E-state index in [1.54, 1.807) is 0 Å². The third-order valence-corrected chi connectivity index (χ3v) is 3.96. The molecule has 0 bridgehead atoms. The van der Waals surface area contributed by atoms with Gasteiger partial charge in [-0.25, -0.2) is 5.14 Å². The fourth-order valence-corrected chi connectivity index (χ4v) is 2.62. The maximum atomic E-state index is 11.2. The Morgan fingerprint density at radius 3 is 2.50 bits per heavy atom. The van der Waals surface area contributed by atoms with Crippen LogP contribution in [0.3, 0.4) is 0 Å². The van der Waals surface area contributed by atoms with E-state index in [4.69, 9.17) is 10.9 Å². The van der Waals surface area contributed by atoms with E-state index in [1.165, 1.54) is 4.31 Å². The highest BCUT2D eigenvalue weighted by Crippen LogP contribution is 2.07. The van der Waals surface area contributed by atoms with Crippen LogP contribution in [0.4, 0.5) is 0 Å². The van der Waals surface area contributed by atoms with Crippen LogP contribution >= 0.6 is 0 Å². The van der Waals surface area contributed by atoms with Gasteiger partial charge >= 0.3 is 0 Å². The summed E-state index contributed by atoms with van der Waals surface area (Å²) in [5.74, 6) is 0.445. The molecule has 1 saturated heterocycles. The first-order valence-corrected chi connectivity index (χ1v) is 7.14. The largest absolute Gasteiger partial charge is 0.330 e. The zero-order chi connectivity index (χ0) is 12.2. The number of nitrogens with two attached hydrogens (primary N) is 2. The van der Waals surface area contributed by atoms with Crippen molar-refractivity contribution in [1.29, 1.82) is 0 Å². The van der Waals surface area contributed by atoms with Crippen molar-refractivity contribution in [2.45, 2.75) is 13.3 Å². The minimum Gasteiger partial charge on any atom is -0.330 e. The first-order chi connectivity index (χ1) is 7.43. The average molecular weight is 250 g/mol. The molecule has 1 atom stereocenters. The lowest BCUT2D eigenvalue weighted by atomic mass is 10.1. The minimum absolute atomic E-state index is 0.445. The molecule has 0 aliphatic carbocycles. The molecule has 0 aromatic rings. The highest BCUT2D eigenvalue weighted by Gasteiger charge is 2.22. The van der Waals surface area contributed by atoms with Gasteiger partial charge in [-0.15, -0.1) is 0 Å². The Balaban J connectivity index is 2.47. The van der Waals surface area contributed by atoms with Crippen LogP contribution in [0, 0.1) is 5.92 Å². The summed E-state index contributed by atoms with van der Waals surface area (Å²) in [5.41, 5.74) is 5.57. The van der Waals surface area contributed by atoms with Crippen LogP contribution in [0.1, 0.15) is 13.3 Å². The molecule has 7 heteroatoms. The van der Waals surface area contributed by atoms with Crippen molar-refractivity contribution in [3.05, 3.63) is 0 Å². The maximum absolute atomic E-state index is 11.2. The number of nitrogens with zero attached hydrogens (tertiary/aromatic N) is 2. The van der Waals surface area contributed by atoms with Gasteiger partial charge in [0.05, 0.1) is 0 Å². The van der Waals surface area contributed by atoms with Crippen LogP contribution in [0.2, 0.25) is 0 Å². The lowest BCUT2D eigenvalue weighted by Crippen LogP contribution is -2.40. The molecule has 1 aliphatic heterocycles. The highest BCUT2D eigenvalue weighted by molar-refractivity contribution is 7.86. The molecule has 4 N–H and O–H groups in total. The number of hydrogen-bond donors (Lipinski definition) is 2. The first kappa shape index (κ1) is 13.9. The fourth-order valence-electron chi connectivity index (χ4n) is 1.90. The van der Waals surface area contributed by atoms with Crippen molar-refractivity contribution >= 4 is 10.2 Å². The Morgan fingerprint density at radius 1 is 1.25 bits per heavy atom. The summed E-state index contributed by atoms with van der Waals surface area (Å²) < 4.78 is 23.7. The van der Waals surface area contributed by atoms with E-state index in [-0.39, 0.29) is 0 Å². The summed E-state index contributed by atoms with van der Waals surface area (Å²) in [6, 6.07) is 0. The van der Waals surface area contributed by atoms with Crippen LogP contribution in [0.5, 0.6) is 0 Å².